The molecule has 2 aromatic carbocycles. The number of hydrogen-bond donors (Lipinski definition) is 2. The fourth-order valence-electron chi connectivity index (χ4n) is 1.96. The van der Waals surface area contributed by atoms with Gasteiger partial charge in [0.25, 0.3) is 5.91 Å². The van der Waals surface area contributed by atoms with Crippen molar-refractivity contribution in [2.24, 2.45) is 0 Å². The molecule has 0 saturated carbocycles. The molecule has 0 aliphatic carbocycles. The number of anilines is 2. The molecule has 106 valence electrons. The summed E-state index contributed by atoms with van der Waals surface area (Å²) in [5.74, 6) is -2.50. The van der Waals surface area contributed by atoms with Crippen molar-refractivity contribution in [2.75, 3.05) is 11.1 Å². The molecular weight excluding hydrogens is 294 g/mol. The van der Waals surface area contributed by atoms with Crippen molar-refractivity contribution in [3.05, 3.63) is 59.0 Å². The number of hydrogen-bond acceptors (Lipinski definition) is 3. The summed E-state index contributed by atoms with van der Waals surface area (Å²) in [7, 11) is 0. The second-order valence-corrected chi connectivity index (χ2v) is 5.43. The Morgan fingerprint density at radius 1 is 1.10 bits per heavy atom. The molecule has 1 heterocycles. The molecule has 1 aromatic heterocycles. The topological polar surface area (TPSA) is 55.1 Å². The molecule has 21 heavy (non-hydrogen) atoms. The summed E-state index contributed by atoms with van der Waals surface area (Å²) in [6.07, 6.45) is 0. The van der Waals surface area contributed by atoms with E-state index < -0.39 is 23.2 Å². The van der Waals surface area contributed by atoms with Crippen molar-refractivity contribution in [3.63, 3.8) is 0 Å². The first-order chi connectivity index (χ1) is 10.0. The highest BCUT2D eigenvalue weighted by atomic mass is 32.1. The summed E-state index contributed by atoms with van der Waals surface area (Å²) in [6.45, 7) is 0. The quantitative estimate of drug-likeness (QED) is 0.703. The van der Waals surface area contributed by atoms with E-state index in [0.29, 0.717) is 5.69 Å². The van der Waals surface area contributed by atoms with Crippen LogP contribution in [0.25, 0.3) is 10.1 Å². The largest absolute Gasteiger partial charge is 0.394 e. The van der Waals surface area contributed by atoms with Crippen molar-refractivity contribution < 1.29 is 13.6 Å². The molecule has 6 heteroatoms. The molecule has 3 rings (SSSR count). The van der Waals surface area contributed by atoms with E-state index in [4.69, 9.17) is 5.73 Å². The van der Waals surface area contributed by atoms with Crippen LogP contribution in [0.4, 0.5) is 20.2 Å². The lowest BCUT2D eigenvalue weighted by Crippen LogP contribution is -2.13. The van der Waals surface area contributed by atoms with Crippen LogP contribution in [0.15, 0.2) is 41.8 Å². The van der Waals surface area contributed by atoms with E-state index in [0.717, 1.165) is 22.2 Å². The molecule has 0 radical (unpaired) electrons. The zero-order chi connectivity index (χ0) is 15.0. The van der Waals surface area contributed by atoms with Crippen molar-refractivity contribution in [1.29, 1.82) is 0 Å². The third-order valence-electron chi connectivity index (χ3n) is 3.05. The Kier molecular flexibility index (Phi) is 3.31. The van der Waals surface area contributed by atoms with E-state index in [9.17, 15) is 13.6 Å². The second-order valence-electron chi connectivity index (χ2n) is 4.48. The summed E-state index contributed by atoms with van der Waals surface area (Å²) < 4.78 is 27.8. The molecule has 0 unspecified atom stereocenters. The molecule has 0 saturated heterocycles. The van der Waals surface area contributed by atoms with Gasteiger partial charge in [0, 0.05) is 16.0 Å². The Morgan fingerprint density at radius 3 is 2.52 bits per heavy atom. The smallest absolute Gasteiger partial charge is 0.255 e. The molecule has 3 nitrogen and oxygen atoms in total. The summed E-state index contributed by atoms with van der Waals surface area (Å²) in [5.41, 5.74) is 5.02. The van der Waals surface area contributed by atoms with Crippen LogP contribution >= 0.6 is 11.3 Å². The maximum absolute atomic E-state index is 13.4. The minimum absolute atomic E-state index is 0.121. The normalized spacial score (nSPS) is 10.8. The van der Waals surface area contributed by atoms with Gasteiger partial charge in [0.15, 0.2) is 0 Å². The highest BCUT2D eigenvalue weighted by Gasteiger charge is 2.13. The van der Waals surface area contributed by atoms with Gasteiger partial charge in [-0.05, 0) is 47.2 Å². The monoisotopic (exact) mass is 304 g/mol. The Morgan fingerprint density at radius 2 is 1.81 bits per heavy atom. The number of fused-ring (bicyclic) bond motifs is 1. The fourth-order valence-corrected chi connectivity index (χ4v) is 2.73. The first-order valence-electron chi connectivity index (χ1n) is 6.08. The lowest BCUT2D eigenvalue weighted by Gasteiger charge is -2.07. The molecule has 0 atom stereocenters. The number of amides is 1. The van der Waals surface area contributed by atoms with Crippen molar-refractivity contribution >= 4 is 38.7 Å². The van der Waals surface area contributed by atoms with Gasteiger partial charge in [-0.1, -0.05) is 0 Å². The molecule has 0 spiro atoms. The van der Waals surface area contributed by atoms with E-state index in [1.54, 1.807) is 23.5 Å². The number of carbonyl (C=O) groups excluding carboxylic acids is 1. The number of nitrogens with one attached hydrogen (secondary N) is 1. The number of halogens is 2. The number of rotatable bonds is 2. The zero-order valence-electron chi connectivity index (χ0n) is 10.7. The number of benzene rings is 2. The summed E-state index contributed by atoms with van der Waals surface area (Å²) in [4.78, 5) is 12.0. The van der Waals surface area contributed by atoms with Crippen LogP contribution in [0.1, 0.15) is 10.4 Å². The zero-order valence-corrected chi connectivity index (χ0v) is 11.5. The third-order valence-corrected chi connectivity index (χ3v) is 3.95. The van der Waals surface area contributed by atoms with Gasteiger partial charge in [-0.15, -0.1) is 11.3 Å². The molecule has 0 bridgehead atoms. The number of nitrogen functional groups attached to an aromatic ring is 1. The number of carbonyl (C=O) groups is 1. The second kappa shape index (κ2) is 5.14. The van der Waals surface area contributed by atoms with Crippen molar-refractivity contribution in [3.8, 4) is 0 Å². The standard InChI is InChI=1S/C15H10F2N2OS/c16-11-6-9(7-12(17)14(11)18)15(20)19-10-1-2-13-8(5-10)3-4-21-13/h1-7H,18H2,(H,19,20). The molecule has 0 aliphatic heterocycles. The highest BCUT2D eigenvalue weighted by Crippen LogP contribution is 2.24. The summed E-state index contributed by atoms with van der Waals surface area (Å²) in [6, 6.07) is 9.17. The van der Waals surface area contributed by atoms with Gasteiger partial charge in [-0.25, -0.2) is 8.78 Å². The maximum atomic E-state index is 13.4. The average molecular weight is 304 g/mol. The van der Waals surface area contributed by atoms with Crippen LogP contribution in [0.5, 0.6) is 0 Å². The predicted octanol–water partition coefficient (Wildman–Crippen LogP) is 4.01. The van der Waals surface area contributed by atoms with Crippen LogP contribution in [-0.2, 0) is 0 Å². The third kappa shape index (κ3) is 2.57. The van der Waals surface area contributed by atoms with Crippen molar-refractivity contribution in [2.45, 2.75) is 0 Å². The average Bonchev–Trinajstić information content (AvgIpc) is 2.91. The highest BCUT2D eigenvalue weighted by molar-refractivity contribution is 7.17. The van der Waals surface area contributed by atoms with Gasteiger partial charge >= 0.3 is 0 Å². The van der Waals surface area contributed by atoms with Crippen molar-refractivity contribution in [1.82, 2.24) is 0 Å². The van der Waals surface area contributed by atoms with Crippen LogP contribution in [0.3, 0.4) is 0 Å². The molecule has 0 aliphatic rings. The molecular formula is C15H10F2N2OS. The van der Waals surface area contributed by atoms with Gasteiger partial charge in [0.1, 0.15) is 17.3 Å². The lowest BCUT2D eigenvalue weighted by atomic mass is 10.1. The number of thiophene rings is 1. The maximum Gasteiger partial charge on any atom is 0.255 e. The Balaban J connectivity index is 1.88. The minimum Gasteiger partial charge on any atom is -0.394 e. The van der Waals surface area contributed by atoms with Gasteiger partial charge in [-0.3, -0.25) is 4.79 Å². The summed E-state index contributed by atoms with van der Waals surface area (Å²) >= 11 is 1.59. The van der Waals surface area contributed by atoms with Gasteiger partial charge in [0.05, 0.1) is 0 Å². The first-order valence-corrected chi connectivity index (χ1v) is 6.95. The van der Waals surface area contributed by atoms with E-state index in [1.807, 2.05) is 17.5 Å². The Bertz CT molecular complexity index is 822. The Labute approximate surface area is 123 Å². The van der Waals surface area contributed by atoms with Gasteiger partial charge < -0.3 is 11.1 Å². The van der Waals surface area contributed by atoms with E-state index in [1.165, 1.54) is 0 Å². The van der Waals surface area contributed by atoms with Crippen LogP contribution in [0, 0.1) is 11.6 Å². The minimum atomic E-state index is -0.951. The fraction of sp³-hybridized carbons (Fsp3) is 0. The predicted molar refractivity (Wildman–Crippen MR) is 80.5 cm³/mol. The first kappa shape index (κ1) is 13.5. The van der Waals surface area contributed by atoms with E-state index >= 15 is 0 Å². The lowest BCUT2D eigenvalue weighted by molar-refractivity contribution is 0.102. The molecule has 3 N–H and O–H groups in total. The van der Waals surface area contributed by atoms with Crippen LogP contribution in [-0.4, -0.2) is 5.91 Å². The van der Waals surface area contributed by atoms with Crippen LogP contribution < -0.4 is 11.1 Å². The van der Waals surface area contributed by atoms with Gasteiger partial charge in [-0.2, -0.15) is 0 Å². The molecule has 1 amide bonds. The molecule has 0 fully saturated rings. The Hall–Kier alpha value is -2.47. The summed E-state index contributed by atoms with van der Waals surface area (Å²) in [5, 5.41) is 5.54. The van der Waals surface area contributed by atoms with E-state index in [2.05, 4.69) is 5.32 Å². The number of nitrogens with two attached hydrogens (primary N) is 1. The van der Waals surface area contributed by atoms with E-state index in [-0.39, 0.29) is 5.56 Å². The van der Waals surface area contributed by atoms with Crippen LogP contribution in [0.2, 0.25) is 0 Å². The molecule has 3 aromatic rings. The SMILES string of the molecule is Nc1c(F)cc(C(=O)Nc2ccc3sccc3c2)cc1F. The van der Waals surface area contributed by atoms with Gasteiger partial charge in [0.2, 0.25) is 0 Å².